The lowest BCUT2D eigenvalue weighted by atomic mass is 10.1. The fourth-order valence-electron chi connectivity index (χ4n) is 2.67. The van der Waals surface area contributed by atoms with Crippen LogP contribution in [-0.2, 0) is 5.54 Å². The van der Waals surface area contributed by atoms with Crippen molar-refractivity contribution in [2.24, 2.45) is 5.73 Å². The first-order chi connectivity index (χ1) is 10.4. The highest BCUT2D eigenvalue weighted by atomic mass is 16.2. The van der Waals surface area contributed by atoms with E-state index in [9.17, 15) is 4.79 Å². The van der Waals surface area contributed by atoms with Crippen LogP contribution in [-0.4, -0.2) is 28.3 Å². The highest BCUT2D eigenvalue weighted by molar-refractivity contribution is 5.92. The number of unbranched alkanes of at least 4 members (excludes halogenated alkanes) is 1. The molecule has 1 fully saturated rings. The Bertz CT molecular complexity index is 511. The van der Waals surface area contributed by atoms with Crippen molar-refractivity contribution in [2.45, 2.75) is 77.3 Å². The zero-order valence-electron chi connectivity index (χ0n) is 14.4. The first kappa shape index (κ1) is 17.0. The van der Waals surface area contributed by atoms with E-state index >= 15 is 0 Å². The van der Waals surface area contributed by atoms with Gasteiger partial charge in [0, 0.05) is 24.2 Å². The molecule has 5 nitrogen and oxygen atoms in total. The Morgan fingerprint density at radius 3 is 2.68 bits per heavy atom. The summed E-state index contributed by atoms with van der Waals surface area (Å²) < 4.78 is 2.02. The van der Waals surface area contributed by atoms with Gasteiger partial charge in [0.2, 0.25) is 0 Å². The van der Waals surface area contributed by atoms with Crippen LogP contribution in [0.5, 0.6) is 0 Å². The topological polar surface area (TPSA) is 72.9 Å². The van der Waals surface area contributed by atoms with Crippen LogP contribution in [0.15, 0.2) is 6.07 Å². The van der Waals surface area contributed by atoms with E-state index < -0.39 is 0 Å². The molecule has 1 saturated carbocycles. The SMILES string of the molecule is CCCCC(CN)NC(=O)c1cc(C2CC2)n(C(C)(C)C)n1. The maximum atomic E-state index is 12.5. The fourth-order valence-corrected chi connectivity index (χ4v) is 2.67. The molecule has 1 atom stereocenters. The number of amides is 1. The smallest absolute Gasteiger partial charge is 0.272 e. The second kappa shape index (κ2) is 6.82. The van der Waals surface area contributed by atoms with Crippen molar-refractivity contribution < 1.29 is 4.79 Å². The second-order valence-corrected chi connectivity index (χ2v) is 7.36. The molecule has 0 spiro atoms. The first-order valence-electron chi connectivity index (χ1n) is 8.48. The number of nitrogens with two attached hydrogens (primary N) is 1. The number of hydrogen-bond donors (Lipinski definition) is 2. The number of nitrogens with zero attached hydrogens (tertiary/aromatic N) is 2. The molecule has 5 heteroatoms. The lowest BCUT2D eigenvalue weighted by Crippen LogP contribution is -2.40. The predicted molar refractivity (Wildman–Crippen MR) is 89.0 cm³/mol. The number of rotatable bonds is 7. The molecule has 1 amide bonds. The van der Waals surface area contributed by atoms with Crippen molar-refractivity contribution in [2.75, 3.05) is 6.54 Å². The fraction of sp³-hybridized carbons (Fsp3) is 0.765. The Labute approximate surface area is 133 Å². The van der Waals surface area contributed by atoms with E-state index in [1.54, 1.807) is 0 Å². The van der Waals surface area contributed by atoms with Gasteiger partial charge in [0.1, 0.15) is 5.69 Å². The molecule has 1 aliphatic carbocycles. The van der Waals surface area contributed by atoms with Crippen molar-refractivity contribution >= 4 is 5.91 Å². The lowest BCUT2D eigenvalue weighted by molar-refractivity contribution is 0.0929. The number of hydrogen-bond acceptors (Lipinski definition) is 3. The predicted octanol–water partition coefficient (Wildman–Crippen LogP) is 2.76. The molecule has 0 aromatic carbocycles. The molecule has 1 aromatic heterocycles. The van der Waals surface area contributed by atoms with E-state index in [0.29, 0.717) is 18.2 Å². The van der Waals surface area contributed by atoms with E-state index in [4.69, 9.17) is 5.73 Å². The molecule has 0 saturated heterocycles. The standard InChI is InChI=1S/C17H30N4O/c1-5-6-7-13(11-18)19-16(22)14-10-15(12-8-9-12)21(20-14)17(2,3)4/h10,12-13H,5-9,11,18H2,1-4H3,(H,19,22). The quantitative estimate of drug-likeness (QED) is 0.813. The normalized spacial score (nSPS) is 16.6. The molecule has 1 aliphatic rings. The summed E-state index contributed by atoms with van der Waals surface area (Å²) >= 11 is 0. The highest BCUT2D eigenvalue weighted by Gasteiger charge is 2.32. The third kappa shape index (κ3) is 4.09. The van der Waals surface area contributed by atoms with Crippen molar-refractivity contribution in [3.63, 3.8) is 0 Å². The summed E-state index contributed by atoms with van der Waals surface area (Å²) in [7, 11) is 0. The molecule has 3 N–H and O–H groups in total. The van der Waals surface area contributed by atoms with Crippen LogP contribution < -0.4 is 11.1 Å². The molecule has 0 radical (unpaired) electrons. The Kier molecular flexibility index (Phi) is 5.27. The minimum Gasteiger partial charge on any atom is -0.347 e. The highest BCUT2D eigenvalue weighted by Crippen LogP contribution is 2.41. The van der Waals surface area contributed by atoms with Gasteiger partial charge in [-0.25, -0.2) is 0 Å². The summed E-state index contributed by atoms with van der Waals surface area (Å²) in [5.41, 5.74) is 7.37. The molecule has 1 aromatic rings. The van der Waals surface area contributed by atoms with Gasteiger partial charge in [-0.2, -0.15) is 5.10 Å². The van der Waals surface area contributed by atoms with Crippen LogP contribution in [0, 0.1) is 0 Å². The average Bonchev–Trinajstić information content (AvgIpc) is 3.20. The van der Waals surface area contributed by atoms with Crippen molar-refractivity contribution in [3.05, 3.63) is 17.5 Å². The van der Waals surface area contributed by atoms with Crippen LogP contribution in [0.25, 0.3) is 0 Å². The molecule has 1 unspecified atom stereocenters. The monoisotopic (exact) mass is 306 g/mol. The molecular formula is C17H30N4O. The van der Waals surface area contributed by atoms with Crippen LogP contribution in [0.1, 0.15) is 81.9 Å². The third-order valence-electron chi connectivity index (χ3n) is 4.13. The van der Waals surface area contributed by atoms with Gasteiger partial charge in [0.15, 0.2) is 0 Å². The summed E-state index contributed by atoms with van der Waals surface area (Å²) in [6, 6.07) is 2.00. The van der Waals surface area contributed by atoms with Crippen molar-refractivity contribution in [1.29, 1.82) is 0 Å². The van der Waals surface area contributed by atoms with Gasteiger partial charge in [0.25, 0.3) is 5.91 Å². The lowest BCUT2D eigenvalue weighted by Gasteiger charge is -2.22. The Morgan fingerprint density at radius 2 is 2.18 bits per heavy atom. The molecule has 0 aliphatic heterocycles. The van der Waals surface area contributed by atoms with Gasteiger partial charge in [-0.05, 0) is 46.1 Å². The van der Waals surface area contributed by atoms with Crippen molar-refractivity contribution in [3.8, 4) is 0 Å². The Hall–Kier alpha value is -1.36. The van der Waals surface area contributed by atoms with Crippen LogP contribution in [0.4, 0.5) is 0 Å². The van der Waals surface area contributed by atoms with Gasteiger partial charge in [0.05, 0.1) is 5.54 Å². The minimum absolute atomic E-state index is 0.0385. The summed E-state index contributed by atoms with van der Waals surface area (Å²) in [6.07, 6.45) is 5.51. The van der Waals surface area contributed by atoms with E-state index in [0.717, 1.165) is 19.3 Å². The Balaban J connectivity index is 2.12. The van der Waals surface area contributed by atoms with Gasteiger partial charge in [-0.3, -0.25) is 9.48 Å². The van der Waals surface area contributed by atoms with Gasteiger partial charge < -0.3 is 11.1 Å². The summed E-state index contributed by atoms with van der Waals surface area (Å²) in [6.45, 7) is 8.98. The minimum atomic E-state index is -0.105. The maximum absolute atomic E-state index is 12.5. The molecule has 2 rings (SSSR count). The van der Waals surface area contributed by atoms with E-state index in [-0.39, 0.29) is 17.5 Å². The molecule has 124 valence electrons. The number of carbonyl (C=O) groups is 1. The maximum Gasteiger partial charge on any atom is 0.272 e. The molecule has 1 heterocycles. The van der Waals surface area contributed by atoms with E-state index in [2.05, 4.69) is 38.1 Å². The number of nitrogens with one attached hydrogen (secondary N) is 1. The first-order valence-corrected chi connectivity index (χ1v) is 8.48. The van der Waals surface area contributed by atoms with Gasteiger partial charge in [-0.15, -0.1) is 0 Å². The van der Waals surface area contributed by atoms with E-state index in [1.807, 2.05) is 10.7 Å². The van der Waals surface area contributed by atoms with Gasteiger partial charge >= 0.3 is 0 Å². The van der Waals surface area contributed by atoms with Gasteiger partial charge in [-0.1, -0.05) is 19.8 Å². The van der Waals surface area contributed by atoms with Crippen LogP contribution >= 0.6 is 0 Å². The molecule has 22 heavy (non-hydrogen) atoms. The van der Waals surface area contributed by atoms with E-state index in [1.165, 1.54) is 18.5 Å². The average molecular weight is 306 g/mol. The number of carbonyl (C=O) groups excluding carboxylic acids is 1. The largest absolute Gasteiger partial charge is 0.347 e. The molecule has 0 bridgehead atoms. The summed E-state index contributed by atoms with van der Waals surface area (Å²) in [5, 5.41) is 7.60. The van der Waals surface area contributed by atoms with Crippen LogP contribution in [0.2, 0.25) is 0 Å². The summed E-state index contributed by atoms with van der Waals surface area (Å²) in [4.78, 5) is 12.5. The Morgan fingerprint density at radius 1 is 1.50 bits per heavy atom. The van der Waals surface area contributed by atoms with Crippen molar-refractivity contribution in [1.82, 2.24) is 15.1 Å². The van der Waals surface area contributed by atoms with Crippen LogP contribution in [0.3, 0.4) is 0 Å². The third-order valence-corrected chi connectivity index (χ3v) is 4.13. The zero-order valence-corrected chi connectivity index (χ0v) is 14.4. The number of aromatic nitrogens is 2. The summed E-state index contributed by atoms with van der Waals surface area (Å²) in [5.74, 6) is 0.468. The molecular weight excluding hydrogens is 276 g/mol. The second-order valence-electron chi connectivity index (χ2n) is 7.36. The zero-order chi connectivity index (χ0) is 16.3.